The molecule has 0 atom stereocenters. The number of benzene rings is 2. The third kappa shape index (κ3) is 2.15. The number of hydrogen-bond donors (Lipinski definition) is 0. The Morgan fingerprint density at radius 3 is 2.57 bits per heavy atom. The topological polar surface area (TPSA) is 61.4 Å². The quantitative estimate of drug-likeness (QED) is 0.544. The Labute approximate surface area is 131 Å². The molecule has 23 heavy (non-hydrogen) atoms. The van der Waals surface area contributed by atoms with Crippen LogP contribution in [0.2, 0.25) is 0 Å². The van der Waals surface area contributed by atoms with E-state index >= 15 is 0 Å². The van der Waals surface area contributed by atoms with E-state index in [1.807, 2.05) is 28.8 Å². The summed E-state index contributed by atoms with van der Waals surface area (Å²) < 4.78 is 8.75. The molecule has 2 heterocycles. The molecular weight excluding hydrogens is 292 g/mol. The maximum absolute atomic E-state index is 12.6. The van der Waals surface area contributed by atoms with Gasteiger partial charge in [0.2, 0.25) is 5.78 Å². The first-order valence-electron chi connectivity index (χ1n) is 7.22. The number of methoxy groups -OCH3 is 1. The van der Waals surface area contributed by atoms with Crippen LogP contribution in [0.4, 0.5) is 0 Å². The van der Waals surface area contributed by atoms with Crippen LogP contribution in [0.15, 0.2) is 54.9 Å². The fraction of sp³-hybridized carbons (Fsp3) is 0.118. The van der Waals surface area contributed by atoms with Crippen molar-refractivity contribution in [2.75, 3.05) is 7.11 Å². The van der Waals surface area contributed by atoms with Crippen LogP contribution >= 0.6 is 0 Å². The van der Waals surface area contributed by atoms with E-state index in [9.17, 15) is 4.79 Å². The van der Waals surface area contributed by atoms with E-state index in [2.05, 4.69) is 10.1 Å². The largest absolute Gasteiger partial charge is 0.497 e. The summed E-state index contributed by atoms with van der Waals surface area (Å²) in [6, 6.07) is 14.9. The fourth-order valence-corrected chi connectivity index (χ4v) is 2.74. The van der Waals surface area contributed by atoms with E-state index in [1.165, 1.54) is 6.33 Å². The Kier molecular flexibility index (Phi) is 3.08. The van der Waals surface area contributed by atoms with Crippen molar-refractivity contribution in [1.29, 1.82) is 0 Å². The number of ether oxygens (including phenoxy) is 1. The Balaban J connectivity index is 1.76. The number of rotatable bonds is 4. The zero-order valence-electron chi connectivity index (χ0n) is 12.5. The molecule has 6 nitrogen and oxygen atoms in total. The molecule has 4 rings (SSSR count). The average Bonchev–Trinajstić information content (AvgIpc) is 3.18. The van der Waals surface area contributed by atoms with Crippen molar-refractivity contribution >= 4 is 22.6 Å². The molecule has 4 aromatic rings. The van der Waals surface area contributed by atoms with Crippen molar-refractivity contribution in [3.05, 3.63) is 60.4 Å². The summed E-state index contributed by atoms with van der Waals surface area (Å²) in [7, 11) is 1.60. The smallest absolute Gasteiger partial charge is 0.233 e. The molecule has 0 fully saturated rings. The van der Waals surface area contributed by atoms with Gasteiger partial charge in [0.05, 0.1) is 24.7 Å². The fourth-order valence-electron chi connectivity index (χ4n) is 2.74. The highest BCUT2D eigenvalue weighted by atomic mass is 16.5. The second-order valence-corrected chi connectivity index (χ2v) is 5.20. The molecule has 0 aliphatic carbocycles. The van der Waals surface area contributed by atoms with E-state index in [0.29, 0.717) is 11.3 Å². The van der Waals surface area contributed by atoms with Crippen molar-refractivity contribution in [3.8, 4) is 5.75 Å². The van der Waals surface area contributed by atoms with Gasteiger partial charge in [0.15, 0.2) is 5.78 Å². The molecule has 0 saturated heterocycles. The molecule has 0 aliphatic rings. The van der Waals surface area contributed by atoms with Gasteiger partial charge in [0.1, 0.15) is 12.1 Å². The first kappa shape index (κ1) is 13.5. The second-order valence-electron chi connectivity index (χ2n) is 5.20. The number of carbonyl (C=O) groups excluding carboxylic acids is 1. The Morgan fingerprint density at radius 2 is 1.83 bits per heavy atom. The maximum atomic E-state index is 12.6. The Bertz CT molecular complexity index is 998. The van der Waals surface area contributed by atoms with E-state index in [-0.39, 0.29) is 12.3 Å². The molecule has 6 heteroatoms. The molecule has 0 spiro atoms. The number of hydrogen-bond acceptors (Lipinski definition) is 4. The monoisotopic (exact) mass is 306 g/mol. The first-order valence-corrected chi connectivity index (χ1v) is 7.22. The molecule has 114 valence electrons. The number of nitrogens with zero attached hydrogens (tertiary/aromatic N) is 4. The molecule has 2 aromatic carbocycles. The summed E-state index contributed by atoms with van der Waals surface area (Å²) in [5.41, 5.74) is 2.51. The van der Waals surface area contributed by atoms with Crippen LogP contribution in [0, 0.1) is 0 Å². The van der Waals surface area contributed by atoms with Gasteiger partial charge in [-0.25, -0.2) is 0 Å². The standard InChI is InChI=1S/C17H14N4O2/c1-23-13-8-6-12(7-9-13)16(22)10-20-14-4-2-3-5-15(14)21-17(20)18-11-19-21/h2-9,11H,10H2,1H3. The lowest BCUT2D eigenvalue weighted by molar-refractivity contribution is 0.0974. The Morgan fingerprint density at radius 1 is 1.09 bits per heavy atom. The first-order chi connectivity index (χ1) is 11.3. The van der Waals surface area contributed by atoms with Crippen LogP contribution in [-0.4, -0.2) is 32.1 Å². The maximum Gasteiger partial charge on any atom is 0.233 e. The summed E-state index contributed by atoms with van der Waals surface area (Å²) in [5, 5.41) is 4.23. The number of aromatic nitrogens is 4. The SMILES string of the molecule is COc1ccc(C(=O)Cn2c3ccccc3n3ncnc23)cc1. The number of Topliss-reactive ketones (excluding diaryl/α,β-unsaturated/α-hetero) is 1. The van der Waals surface area contributed by atoms with Crippen LogP contribution in [0.1, 0.15) is 10.4 Å². The summed E-state index contributed by atoms with van der Waals surface area (Å²) in [6.07, 6.45) is 1.50. The molecule has 0 N–H and O–H groups in total. The van der Waals surface area contributed by atoms with Gasteiger partial charge in [-0.2, -0.15) is 14.6 Å². The van der Waals surface area contributed by atoms with Crippen molar-refractivity contribution in [2.45, 2.75) is 6.54 Å². The van der Waals surface area contributed by atoms with Gasteiger partial charge in [0.25, 0.3) is 0 Å². The highest BCUT2D eigenvalue weighted by Crippen LogP contribution is 2.20. The number of carbonyl (C=O) groups is 1. The molecule has 0 radical (unpaired) electrons. The summed E-state index contributed by atoms with van der Waals surface area (Å²) in [4.78, 5) is 16.9. The predicted octanol–water partition coefficient (Wildman–Crippen LogP) is 2.58. The number of fused-ring (bicyclic) bond motifs is 3. The minimum atomic E-state index is 0.0129. The number of imidazole rings is 1. The van der Waals surface area contributed by atoms with E-state index in [1.54, 1.807) is 35.9 Å². The molecule has 0 aliphatic heterocycles. The van der Waals surface area contributed by atoms with Gasteiger partial charge in [-0.15, -0.1) is 0 Å². The third-order valence-corrected chi connectivity index (χ3v) is 3.89. The minimum absolute atomic E-state index is 0.0129. The van der Waals surface area contributed by atoms with Crippen molar-refractivity contribution in [3.63, 3.8) is 0 Å². The van der Waals surface area contributed by atoms with Crippen molar-refractivity contribution in [2.24, 2.45) is 0 Å². The third-order valence-electron chi connectivity index (χ3n) is 3.89. The van der Waals surface area contributed by atoms with Gasteiger partial charge >= 0.3 is 0 Å². The minimum Gasteiger partial charge on any atom is -0.497 e. The van der Waals surface area contributed by atoms with Gasteiger partial charge in [-0.1, -0.05) is 12.1 Å². The predicted molar refractivity (Wildman–Crippen MR) is 85.8 cm³/mol. The zero-order chi connectivity index (χ0) is 15.8. The molecular formula is C17H14N4O2. The van der Waals surface area contributed by atoms with Crippen molar-refractivity contribution in [1.82, 2.24) is 19.2 Å². The van der Waals surface area contributed by atoms with Gasteiger partial charge in [-0.05, 0) is 36.4 Å². The van der Waals surface area contributed by atoms with E-state index < -0.39 is 0 Å². The molecule has 2 aromatic heterocycles. The normalized spacial score (nSPS) is 11.2. The van der Waals surface area contributed by atoms with E-state index in [4.69, 9.17) is 4.74 Å². The van der Waals surface area contributed by atoms with Gasteiger partial charge < -0.3 is 9.30 Å². The molecule has 0 amide bonds. The Hall–Kier alpha value is -3.15. The van der Waals surface area contributed by atoms with E-state index in [0.717, 1.165) is 16.8 Å². The van der Waals surface area contributed by atoms with Crippen LogP contribution in [0.25, 0.3) is 16.8 Å². The molecule has 0 bridgehead atoms. The summed E-state index contributed by atoms with van der Waals surface area (Å²) in [5.74, 6) is 1.40. The summed E-state index contributed by atoms with van der Waals surface area (Å²) >= 11 is 0. The number of para-hydroxylation sites is 2. The van der Waals surface area contributed by atoms with Crippen molar-refractivity contribution < 1.29 is 9.53 Å². The van der Waals surface area contributed by atoms with Crippen LogP contribution in [-0.2, 0) is 6.54 Å². The highest BCUT2D eigenvalue weighted by Gasteiger charge is 2.15. The van der Waals surface area contributed by atoms with Crippen LogP contribution in [0.3, 0.4) is 0 Å². The molecule has 0 saturated carbocycles. The molecule has 0 unspecified atom stereocenters. The van der Waals surface area contributed by atoms with Gasteiger partial charge in [-0.3, -0.25) is 4.79 Å². The lowest BCUT2D eigenvalue weighted by Gasteiger charge is -2.05. The van der Waals surface area contributed by atoms with Crippen LogP contribution < -0.4 is 4.74 Å². The lowest BCUT2D eigenvalue weighted by atomic mass is 10.1. The number of ketones is 1. The summed E-state index contributed by atoms with van der Waals surface area (Å²) in [6.45, 7) is 0.210. The zero-order valence-corrected chi connectivity index (χ0v) is 12.5. The van der Waals surface area contributed by atoms with Gasteiger partial charge in [0, 0.05) is 5.56 Å². The lowest BCUT2D eigenvalue weighted by Crippen LogP contribution is -2.10. The van der Waals surface area contributed by atoms with Crippen LogP contribution in [0.5, 0.6) is 5.75 Å². The second kappa shape index (κ2) is 5.24. The average molecular weight is 306 g/mol. The highest BCUT2D eigenvalue weighted by molar-refractivity contribution is 5.97.